The standard InChI is InChI=1S/C17H18N4O5/c1-9(23)15-10-2-3-18-6-12(10)20(19-15)7-14(24)21-11(16(25)26)4-17(8-22)5-13(17)21/h2-3,6,11,13,22H,4-5,7-8H2,1H3,(H,25,26). The second kappa shape index (κ2) is 5.60. The zero-order valence-corrected chi connectivity index (χ0v) is 14.1. The van der Waals surface area contributed by atoms with Crippen molar-refractivity contribution in [3.63, 3.8) is 0 Å². The summed E-state index contributed by atoms with van der Waals surface area (Å²) in [6, 6.07) is 0.460. The maximum absolute atomic E-state index is 12.9. The molecule has 2 aromatic rings. The number of hydrogen-bond acceptors (Lipinski definition) is 6. The minimum atomic E-state index is -1.07. The van der Waals surface area contributed by atoms with Gasteiger partial charge in [0.05, 0.1) is 18.3 Å². The van der Waals surface area contributed by atoms with E-state index < -0.39 is 23.3 Å². The van der Waals surface area contributed by atoms with Crippen molar-refractivity contribution in [3.05, 3.63) is 24.2 Å². The van der Waals surface area contributed by atoms with Crippen molar-refractivity contribution in [2.24, 2.45) is 5.41 Å². The summed E-state index contributed by atoms with van der Waals surface area (Å²) in [6.07, 6.45) is 3.94. The molecule has 1 aliphatic heterocycles. The maximum atomic E-state index is 12.9. The molecule has 0 radical (unpaired) electrons. The number of carbonyl (C=O) groups is 3. The van der Waals surface area contributed by atoms with Gasteiger partial charge in [-0.15, -0.1) is 0 Å². The molecule has 9 nitrogen and oxygen atoms in total. The van der Waals surface area contributed by atoms with Gasteiger partial charge in [-0.3, -0.25) is 19.3 Å². The van der Waals surface area contributed by atoms with Gasteiger partial charge in [-0.05, 0) is 18.9 Å². The number of pyridine rings is 1. The number of hydrogen-bond donors (Lipinski definition) is 2. The molecule has 3 atom stereocenters. The Labute approximate surface area is 148 Å². The van der Waals surface area contributed by atoms with Crippen molar-refractivity contribution in [2.75, 3.05) is 6.61 Å². The molecule has 1 aliphatic carbocycles. The maximum Gasteiger partial charge on any atom is 0.326 e. The topological polar surface area (TPSA) is 126 Å². The number of aliphatic hydroxyl groups excluding tert-OH is 1. The van der Waals surface area contributed by atoms with Crippen LogP contribution in [0.3, 0.4) is 0 Å². The molecule has 2 N–H and O–H groups in total. The first-order chi connectivity index (χ1) is 12.4. The minimum Gasteiger partial charge on any atom is -0.480 e. The largest absolute Gasteiger partial charge is 0.480 e. The molecule has 2 fully saturated rings. The Kier molecular flexibility index (Phi) is 3.58. The number of amides is 1. The van der Waals surface area contributed by atoms with Crippen LogP contribution in [-0.4, -0.2) is 66.2 Å². The summed E-state index contributed by atoms with van der Waals surface area (Å²) in [5.74, 6) is -1.69. The van der Waals surface area contributed by atoms with Crippen LogP contribution in [0.1, 0.15) is 30.3 Å². The van der Waals surface area contributed by atoms with Crippen molar-refractivity contribution in [2.45, 2.75) is 38.4 Å². The number of Topliss-reactive ketones (excluding diaryl/α,β-unsaturated/α-hetero) is 1. The SMILES string of the molecule is CC(=O)c1nn(CC(=O)N2C(C(=O)O)CC3(CO)CC23)c2cnccc12. The van der Waals surface area contributed by atoms with Gasteiger partial charge in [-0.1, -0.05) is 0 Å². The van der Waals surface area contributed by atoms with Crippen LogP contribution >= 0.6 is 0 Å². The lowest BCUT2D eigenvalue weighted by Crippen LogP contribution is -2.44. The molecule has 136 valence electrons. The van der Waals surface area contributed by atoms with E-state index in [0.29, 0.717) is 17.3 Å². The lowest BCUT2D eigenvalue weighted by atomic mass is 10.0. The van der Waals surface area contributed by atoms with Gasteiger partial charge >= 0.3 is 5.97 Å². The van der Waals surface area contributed by atoms with E-state index in [9.17, 15) is 24.6 Å². The molecule has 3 heterocycles. The van der Waals surface area contributed by atoms with Crippen LogP contribution in [0.4, 0.5) is 0 Å². The Morgan fingerprint density at radius 2 is 2.12 bits per heavy atom. The van der Waals surface area contributed by atoms with Crippen LogP contribution in [0.25, 0.3) is 10.9 Å². The summed E-state index contributed by atoms with van der Waals surface area (Å²) < 4.78 is 1.39. The Morgan fingerprint density at radius 1 is 1.35 bits per heavy atom. The van der Waals surface area contributed by atoms with E-state index in [1.165, 1.54) is 22.7 Å². The molecular weight excluding hydrogens is 340 g/mol. The molecule has 4 rings (SSSR count). The third-order valence-electron chi connectivity index (χ3n) is 5.48. The van der Waals surface area contributed by atoms with Crippen molar-refractivity contribution in [1.82, 2.24) is 19.7 Å². The smallest absolute Gasteiger partial charge is 0.326 e. The number of piperidine rings is 1. The molecule has 2 aromatic heterocycles. The fourth-order valence-electron chi connectivity index (χ4n) is 4.04. The summed E-state index contributed by atoms with van der Waals surface area (Å²) in [5.41, 5.74) is 0.306. The van der Waals surface area contributed by atoms with E-state index in [4.69, 9.17) is 0 Å². The number of carbonyl (C=O) groups excluding carboxylic acids is 2. The Hall–Kier alpha value is -2.81. The summed E-state index contributed by atoms with van der Waals surface area (Å²) >= 11 is 0. The average Bonchev–Trinajstić information content (AvgIpc) is 3.04. The lowest BCUT2D eigenvalue weighted by molar-refractivity contribution is -0.149. The summed E-state index contributed by atoms with van der Waals surface area (Å²) in [4.78, 5) is 41.6. The lowest BCUT2D eigenvalue weighted by Gasteiger charge is -2.24. The molecule has 2 aliphatic rings. The Morgan fingerprint density at radius 3 is 2.77 bits per heavy atom. The van der Waals surface area contributed by atoms with Crippen LogP contribution in [-0.2, 0) is 16.1 Å². The van der Waals surface area contributed by atoms with Gasteiger partial charge < -0.3 is 15.1 Å². The van der Waals surface area contributed by atoms with E-state index >= 15 is 0 Å². The predicted molar refractivity (Wildman–Crippen MR) is 88.3 cm³/mol. The van der Waals surface area contributed by atoms with Crippen molar-refractivity contribution in [3.8, 4) is 0 Å². The zero-order valence-electron chi connectivity index (χ0n) is 14.1. The number of ketones is 1. The first-order valence-electron chi connectivity index (χ1n) is 8.34. The monoisotopic (exact) mass is 358 g/mol. The van der Waals surface area contributed by atoms with Gasteiger partial charge in [-0.25, -0.2) is 4.79 Å². The average molecular weight is 358 g/mol. The van der Waals surface area contributed by atoms with Crippen LogP contribution in [0.2, 0.25) is 0 Å². The minimum absolute atomic E-state index is 0.131. The molecular formula is C17H18N4O5. The van der Waals surface area contributed by atoms with Gasteiger partial charge in [0.2, 0.25) is 5.91 Å². The number of nitrogens with zero attached hydrogens (tertiary/aromatic N) is 4. The molecule has 0 bridgehead atoms. The van der Waals surface area contributed by atoms with Gasteiger partial charge in [0, 0.05) is 30.0 Å². The highest BCUT2D eigenvalue weighted by molar-refractivity contribution is 6.04. The third kappa shape index (κ3) is 2.31. The number of fused-ring (bicyclic) bond motifs is 2. The molecule has 9 heteroatoms. The first kappa shape index (κ1) is 16.6. The van der Waals surface area contributed by atoms with Gasteiger partial charge in [0.25, 0.3) is 0 Å². The van der Waals surface area contributed by atoms with Crippen LogP contribution < -0.4 is 0 Å². The van der Waals surface area contributed by atoms with Gasteiger partial charge in [0.15, 0.2) is 5.78 Å². The molecule has 1 amide bonds. The number of carboxylic acids is 1. The van der Waals surface area contributed by atoms with Crippen LogP contribution in [0.5, 0.6) is 0 Å². The van der Waals surface area contributed by atoms with E-state index in [2.05, 4.69) is 10.1 Å². The summed E-state index contributed by atoms with van der Waals surface area (Å²) in [6.45, 7) is 1.08. The number of rotatable bonds is 5. The van der Waals surface area contributed by atoms with Crippen molar-refractivity contribution >= 4 is 28.6 Å². The Balaban J connectivity index is 1.66. The molecule has 1 saturated heterocycles. The van der Waals surface area contributed by atoms with Crippen LogP contribution in [0, 0.1) is 5.41 Å². The predicted octanol–water partition coefficient (Wildman–Crippen LogP) is 0.0704. The Bertz CT molecular complexity index is 938. The van der Waals surface area contributed by atoms with E-state index in [-0.39, 0.29) is 37.1 Å². The fraction of sp³-hybridized carbons (Fsp3) is 0.471. The number of aromatic nitrogens is 3. The highest BCUT2D eigenvalue weighted by atomic mass is 16.4. The van der Waals surface area contributed by atoms with E-state index in [1.54, 1.807) is 12.3 Å². The molecule has 3 unspecified atom stereocenters. The van der Waals surface area contributed by atoms with Crippen molar-refractivity contribution < 1.29 is 24.6 Å². The summed E-state index contributed by atoms with van der Waals surface area (Å²) in [7, 11) is 0. The second-order valence-corrected chi connectivity index (χ2v) is 7.05. The third-order valence-corrected chi connectivity index (χ3v) is 5.48. The van der Waals surface area contributed by atoms with Crippen molar-refractivity contribution in [1.29, 1.82) is 0 Å². The molecule has 26 heavy (non-hydrogen) atoms. The molecule has 1 saturated carbocycles. The number of carboxylic acid groups (broad SMARTS) is 1. The van der Waals surface area contributed by atoms with Gasteiger partial charge in [-0.2, -0.15) is 5.10 Å². The number of likely N-dealkylation sites (tertiary alicyclic amines) is 1. The second-order valence-electron chi connectivity index (χ2n) is 7.05. The summed E-state index contributed by atoms with van der Waals surface area (Å²) in [5, 5.41) is 23.8. The highest BCUT2D eigenvalue weighted by Gasteiger charge is 2.67. The zero-order chi connectivity index (χ0) is 18.6. The number of aliphatic carboxylic acids is 1. The van der Waals surface area contributed by atoms with E-state index in [1.807, 2.05) is 0 Å². The number of aliphatic hydroxyl groups is 1. The molecule has 0 aromatic carbocycles. The van der Waals surface area contributed by atoms with E-state index in [0.717, 1.165) is 0 Å². The van der Waals surface area contributed by atoms with Crippen LogP contribution in [0.15, 0.2) is 18.5 Å². The first-order valence-corrected chi connectivity index (χ1v) is 8.34. The van der Waals surface area contributed by atoms with Gasteiger partial charge in [0.1, 0.15) is 18.3 Å². The fourth-order valence-corrected chi connectivity index (χ4v) is 4.04. The molecule has 0 spiro atoms. The quantitative estimate of drug-likeness (QED) is 0.724. The highest BCUT2D eigenvalue weighted by Crippen LogP contribution is 2.59. The normalized spacial score (nSPS) is 26.8.